The molecule has 0 bridgehead atoms. The summed E-state index contributed by atoms with van der Waals surface area (Å²) in [7, 11) is 1.68. The van der Waals surface area contributed by atoms with Crippen molar-refractivity contribution in [2.45, 2.75) is 38.6 Å². The molecule has 0 atom stereocenters. The molecule has 1 aliphatic rings. The molecule has 10 heteroatoms. The summed E-state index contributed by atoms with van der Waals surface area (Å²) in [5, 5.41) is 7.02. The Hall–Kier alpha value is -1.72. The molecule has 1 aromatic heterocycles. The van der Waals surface area contributed by atoms with Crippen LogP contribution in [0.4, 0.5) is 8.78 Å². The van der Waals surface area contributed by atoms with Crippen molar-refractivity contribution in [2.24, 2.45) is 4.99 Å². The minimum Gasteiger partial charge on any atom is -0.434 e. The van der Waals surface area contributed by atoms with Gasteiger partial charge in [-0.3, -0.25) is 14.9 Å². The molecule has 2 aromatic rings. The summed E-state index contributed by atoms with van der Waals surface area (Å²) in [5.41, 5.74) is 1.61. The Morgan fingerprint density at radius 1 is 1.29 bits per heavy atom. The highest BCUT2D eigenvalue weighted by molar-refractivity contribution is 14.0. The fourth-order valence-corrected chi connectivity index (χ4v) is 3.61. The first kappa shape index (κ1) is 25.5. The lowest BCUT2D eigenvalue weighted by Gasteiger charge is -2.32. The van der Waals surface area contributed by atoms with E-state index in [-0.39, 0.29) is 42.3 Å². The van der Waals surface area contributed by atoms with Gasteiger partial charge in [0, 0.05) is 56.1 Å². The van der Waals surface area contributed by atoms with Gasteiger partial charge in [-0.25, -0.2) is 0 Å². The van der Waals surface area contributed by atoms with E-state index in [0.29, 0.717) is 16.5 Å². The van der Waals surface area contributed by atoms with Crippen molar-refractivity contribution in [1.29, 1.82) is 0 Å². The highest BCUT2D eigenvalue weighted by atomic mass is 127. The summed E-state index contributed by atoms with van der Waals surface area (Å²) in [4.78, 5) is 11.0. The Balaban J connectivity index is 0.00000341. The van der Waals surface area contributed by atoms with Crippen molar-refractivity contribution >= 4 is 41.5 Å². The molecular weight excluding hydrogens is 539 g/mol. The van der Waals surface area contributed by atoms with Crippen LogP contribution in [0.15, 0.2) is 47.6 Å². The Bertz CT molecular complexity index is 836. The lowest BCUT2D eigenvalue weighted by Crippen LogP contribution is -2.48. The van der Waals surface area contributed by atoms with Gasteiger partial charge in [-0.15, -0.1) is 24.0 Å². The number of halogens is 4. The number of pyridine rings is 1. The Morgan fingerprint density at radius 3 is 2.71 bits per heavy atom. The molecule has 1 fully saturated rings. The molecule has 2 N–H and O–H groups in total. The van der Waals surface area contributed by atoms with E-state index in [0.717, 1.165) is 38.2 Å². The fraction of sp³-hybridized carbons (Fsp3) is 0.429. The number of nitrogens with one attached hydrogen (secondary N) is 2. The predicted molar refractivity (Wildman–Crippen MR) is 129 cm³/mol. The smallest absolute Gasteiger partial charge is 0.387 e. The maximum atomic E-state index is 12.6. The summed E-state index contributed by atoms with van der Waals surface area (Å²) in [5.74, 6) is 0.710. The molecule has 3 rings (SSSR count). The summed E-state index contributed by atoms with van der Waals surface area (Å²) in [6.45, 7) is 0.152. The van der Waals surface area contributed by atoms with Gasteiger partial charge in [-0.2, -0.15) is 8.78 Å². The van der Waals surface area contributed by atoms with Crippen LogP contribution in [0.5, 0.6) is 5.75 Å². The number of aliphatic imine (C=N–C) groups is 1. The van der Waals surface area contributed by atoms with Gasteiger partial charge in [0.1, 0.15) is 5.75 Å². The molecule has 31 heavy (non-hydrogen) atoms. The third-order valence-corrected chi connectivity index (χ3v) is 5.18. The number of piperidine rings is 1. The van der Waals surface area contributed by atoms with Gasteiger partial charge in [0.05, 0.1) is 5.69 Å². The summed E-state index contributed by atoms with van der Waals surface area (Å²) in [6, 6.07) is 10.8. The number of rotatable bonds is 7. The van der Waals surface area contributed by atoms with Crippen LogP contribution in [0, 0.1) is 0 Å². The largest absolute Gasteiger partial charge is 0.434 e. The van der Waals surface area contributed by atoms with Crippen LogP contribution in [-0.2, 0) is 13.1 Å². The van der Waals surface area contributed by atoms with Gasteiger partial charge in [-0.1, -0.05) is 17.7 Å². The molecule has 0 unspecified atom stereocenters. The molecule has 0 radical (unpaired) electrons. The maximum absolute atomic E-state index is 12.6. The van der Waals surface area contributed by atoms with Crippen LogP contribution in [0.1, 0.15) is 24.1 Å². The van der Waals surface area contributed by atoms with Gasteiger partial charge in [-0.05, 0) is 43.2 Å². The zero-order chi connectivity index (χ0) is 21.3. The SMILES string of the molecule is CN=C(NCc1cc(Cl)ccc1OC(F)F)NC1CCN(Cc2ccccn2)CC1.I. The summed E-state index contributed by atoms with van der Waals surface area (Å²) in [6.07, 6.45) is 3.77. The number of ether oxygens (including phenoxy) is 1. The van der Waals surface area contributed by atoms with Crippen molar-refractivity contribution in [1.82, 2.24) is 20.5 Å². The van der Waals surface area contributed by atoms with E-state index in [1.165, 1.54) is 12.1 Å². The Labute approximate surface area is 203 Å². The van der Waals surface area contributed by atoms with Crippen LogP contribution in [-0.4, -0.2) is 48.6 Å². The van der Waals surface area contributed by atoms with Crippen molar-refractivity contribution in [3.63, 3.8) is 0 Å². The van der Waals surface area contributed by atoms with E-state index in [1.54, 1.807) is 13.1 Å². The third kappa shape index (κ3) is 8.38. The minimum atomic E-state index is -2.89. The number of hydrogen-bond donors (Lipinski definition) is 2. The lowest BCUT2D eigenvalue weighted by atomic mass is 10.0. The molecule has 0 spiro atoms. The van der Waals surface area contributed by atoms with Crippen LogP contribution < -0.4 is 15.4 Å². The molecule has 1 saturated heterocycles. The number of likely N-dealkylation sites (tertiary alicyclic amines) is 1. The normalized spacial score (nSPS) is 15.5. The van der Waals surface area contributed by atoms with E-state index in [9.17, 15) is 8.78 Å². The fourth-order valence-electron chi connectivity index (χ4n) is 3.42. The van der Waals surface area contributed by atoms with Crippen LogP contribution in [0.2, 0.25) is 5.02 Å². The van der Waals surface area contributed by atoms with Gasteiger partial charge < -0.3 is 15.4 Å². The summed E-state index contributed by atoms with van der Waals surface area (Å²) < 4.78 is 29.8. The van der Waals surface area contributed by atoms with Crippen molar-refractivity contribution in [3.8, 4) is 5.75 Å². The van der Waals surface area contributed by atoms with E-state index in [1.807, 2.05) is 24.4 Å². The van der Waals surface area contributed by atoms with E-state index < -0.39 is 6.61 Å². The zero-order valence-corrected chi connectivity index (χ0v) is 20.3. The van der Waals surface area contributed by atoms with Gasteiger partial charge in [0.15, 0.2) is 5.96 Å². The van der Waals surface area contributed by atoms with E-state index >= 15 is 0 Å². The molecule has 1 aromatic carbocycles. The average molecular weight is 566 g/mol. The van der Waals surface area contributed by atoms with Crippen molar-refractivity contribution in [3.05, 3.63) is 58.9 Å². The molecule has 1 aliphatic heterocycles. The molecule has 0 saturated carbocycles. The second-order valence-corrected chi connectivity index (χ2v) is 7.51. The molecule has 0 aliphatic carbocycles. The predicted octanol–water partition coefficient (Wildman–Crippen LogP) is 4.28. The standard InChI is InChI=1S/C21H26ClF2N5O.HI/c1-25-21(27-13-15-12-16(22)5-6-19(15)30-20(23)24)28-17-7-10-29(11-8-17)14-18-4-2-3-9-26-18;/h2-6,9,12,17,20H,7-8,10-11,13-14H2,1H3,(H2,25,27,28);1H. The van der Waals surface area contributed by atoms with Gasteiger partial charge in [0.25, 0.3) is 0 Å². The minimum absolute atomic E-state index is 0. The number of guanidine groups is 1. The quantitative estimate of drug-likeness (QED) is 0.298. The molecule has 0 amide bonds. The molecular formula is C21H27ClF2IN5O. The second-order valence-electron chi connectivity index (χ2n) is 7.07. The van der Waals surface area contributed by atoms with Crippen LogP contribution in [0.25, 0.3) is 0 Å². The van der Waals surface area contributed by atoms with E-state index in [4.69, 9.17) is 11.6 Å². The second kappa shape index (κ2) is 13.0. The van der Waals surface area contributed by atoms with Crippen LogP contribution >= 0.6 is 35.6 Å². The van der Waals surface area contributed by atoms with Gasteiger partial charge in [0.2, 0.25) is 0 Å². The highest BCUT2D eigenvalue weighted by Gasteiger charge is 2.20. The average Bonchev–Trinajstić information content (AvgIpc) is 2.74. The van der Waals surface area contributed by atoms with Crippen LogP contribution in [0.3, 0.4) is 0 Å². The molecule has 2 heterocycles. The first-order valence-electron chi connectivity index (χ1n) is 9.86. The number of nitrogens with zero attached hydrogens (tertiary/aromatic N) is 3. The maximum Gasteiger partial charge on any atom is 0.387 e. The molecule has 6 nitrogen and oxygen atoms in total. The summed E-state index contributed by atoms with van der Waals surface area (Å²) >= 11 is 6.00. The van der Waals surface area contributed by atoms with Crippen molar-refractivity contribution < 1.29 is 13.5 Å². The first-order chi connectivity index (χ1) is 14.5. The number of hydrogen-bond acceptors (Lipinski definition) is 4. The first-order valence-corrected chi connectivity index (χ1v) is 10.2. The zero-order valence-electron chi connectivity index (χ0n) is 17.2. The lowest BCUT2D eigenvalue weighted by molar-refractivity contribution is -0.0504. The third-order valence-electron chi connectivity index (χ3n) is 4.95. The Morgan fingerprint density at radius 2 is 2.06 bits per heavy atom. The topological polar surface area (TPSA) is 61.8 Å². The number of aromatic nitrogens is 1. The molecule has 170 valence electrons. The monoisotopic (exact) mass is 565 g/mol. The van der Waals surface area contributed by atoms with E-state index in [2.05, 4.69) is 30.2 Å². The van der Waals surface area contributed by atoms with Gasteiger partial charge >= 0.3 is 6.61 Å². The Kier molecular flexibility index (Phi) is 10.7. The number of benzene rings is 1. The van der Waals surface area contributed by atoms with Crippen molar-refractivity contribution in [2.75, 3.05) is 20.1 Å². The highest BCUT2D eigenvalue weighted by Crippen LogP contribution is 2.24. The number of alkyl halides is 2.